The molecule has 0 saturated heterocycles. The van der Waals surface area contributed by atoms with Crippen molar-refractivity contribution in [3.05, 3.63) is 57.5 Å². The molecule has 4 heteroatoms. The summed E-state index contributed by atoms with van der Waals surface area (Å²) >= 11 is 11.5. The molecule has 0 atom stereocenters. The van der Waals surface area contributed by atoms with Crippen LogP contribution in [0.2, 0.25) is 5.02 Å². The van der Waals surface area contributed by atoms with Crippen molar-refractivity contribution in [3.63, 3.8) is 0 Å². The molecule has 0 heterocycles. The van der Waals surface area contributed by atoms with Crippen molar-refractivity contribution < 1.29 is 0 Å². The van der Waals surface area contributed by atoms with E-state index in [1.165, 1.54) is 10.5 Å². The molecule has 0 bridgehead atoms. The fourth-order valence-corrected chi connectivity index (χ4v) is 3.53. The van der Waals surface area contributed by atoms with Gasteiger partial charge in [-0.25, -0.2) is 0 Å². The van der Waals surface area contributed by atoms with Crippen molar-refractivity contribution in [2.24, 2.45) is 5.92 Å². The highest BCUT2D eigenvalue weighted by molar-refractivity contribution is 9.10. The summed E-state index contributed by atoms with van der Waals surface area (Å²) in [7, 11) is 0. The highest BCUT2D eigenvalue weighted by Gasteiger charge is 2.08. The summed E-state index contributed by atoms with van der Waals surface area (Å²) in [5.74, 6) is 0.650. The molecule has 0 aliphatic carbocycles. The maximum atomic E-state index is 6.26. The molecule has 0 unspecified atom stereocenters. The number of rotatable bonds is 6. The van der Waals surface area contributed by atoms with Crippen LogP contribution in [0.3, 0.4) is 0 Å². The van der Waals surface area contributed by atoms with E-state index in [4.69, 9.17) is 11.6 Å². The molecule has 2 aromatic rings. The third-order valence-corrected chi connectivity index (χ3v) is 5.08. The van der Waals surface area contributed by atoms with Gasteiger partial charge in [-0.1, -0.05) is 65.3 Å². The fourth-order valence-electron chi connectivity index (χ4n) is 1.93. The van der Waals surface area contributed by atoms with Crippen LogP contribution in [0, 0.1) is 5.92 Å². The van der Waals surface area contributed by atoms with E-state index in [1.54, 1.807) is 11.8 Å². The molecule has 0 spiro atoms. The Balaban J connectivity index is 2.16. The Morgan fingerprint density at radius 1 is 1.14 bits per heavy atom. The number of halogens is 2. The smallest absolute Gasteiger partial charge is 0.0545 e. The normalized spacial score (nSPS) is 11.1. The lowest BCUT2D eigenvalue weighted by molar-refractivity contribution is 0.550. The average molecular weight is 385 g/mol. The van der Waals surface area contributed by atoms with Gasteiger partial charge in [-0.2, -0.15) is 0 Å². The summed E-state index contributed by atoms with van der Waals surface area (Å²) < 4.78 is 1.10. The topological polar surface area (TPSA) is 12.0 Å². The molecule has 1 N–H and O–H groups in total. The molecule has 112 valence electrons. The minimum Gasteiger partial charge on any atom is -0.312 e. The van der Waals surface area contributed by atoms with Crippen LogP contribution in [0.15, 0.2) is 56.7 Å². The third-order valence-electron chi connectivity index (χ3n) is 2.95. The maximum absolute atomic E-state index is 6.26. The first-order valence-electron chi connectivity index (χ1n) is 6.98. The van der Waals surface area contributed by atoms with Gasteiger partial charge in [-0.15, -0.1) is 0 Å². The molecule has 0 amide bonds. The van der Waals surface area contributed by atoms with Gasteiger partial charge < -0.3 is 5.32 Å². The first kappa shape index (κ1) is 16.9. The standard InChI is InChI=1S/C17H19BrClNS/c1-12(2)10-20-11-13-9-14(18)7-8-16(13)21-17-6-4-3-5-15(17)19/h3-9,12,20H,10-11H2,1-2H3. The van der Waals surface area contributed by atoms with Crippen molar-refractivity contribution in [1.29, 1.82) is 0 Å². The number of hydrogen-bond donors (Lipinski definition) is 1. The minimum absolute atomic E-state index is 0.650. The monoisotopic (exact) mass is 383 g/mol. The van der Waals surface area contributed by atoms with Crippen LogP contribution in [-0.2, 0) is 6.54 Å². The van der Waals surface area contributed by atoms with Gasteiger partial charge in [-0.3, -0.25) is 0 Å². The van der Waals surface area contributed by atoms with Crippen molar-refractivity contribution in [2.75, 3.05) is 6.54 Å². The first-order valence-corrected chi connectivity index (χ1v) is 8.96. The molecule has 0 aliphatic heterocycles. The largest absolute Gasteiger partial charge is 0.312 e. The highest BCUT2D eigenvalue weighted by Crippen LogP contribution is 2.35. The van der Waals surface area contributed by atoms with E-state index >= 15 is 0 Å². The van der Waals surface area contributed by atoms with E-state index in [0.29, 0.717) is 5.92 Å². The molecule has 2 rings (SSSR count). The lowest BCUT2D eigenvalue weighted by Gasteiger charge is -2.13. The number of benzene rings is 2. The predicted octanol–water partition coefficient (Wildman–Crippen LogP) is 6.00. The Bertz CT molecular complexity index is 601. The SMILES string of the molecule is CC(C)CNCc1cc(Br)ccc1Sc1ccccc1Cl. The van der Waals surface area contributed by atoms with Gasteiger partial charge in [0.15, 0.2) is 0 Å². The Kier molecular flexibility index (Phi) is 6.62. The first-order chi connectivity index (χ1) is 10.1. The minimum atomic E-state index is 0.650. The van der Waals surface area contributed by atoms with Crippen molar-refractivity contribution in [2.45, 2.75) is 30.2 Å². The van der Waals surface area contributed by atoms with Crippen LogP contribution in [0.1, 0.15) is 19.4 Å². The quantitative estimate of drug-likeness (QED) is 0.655. The highest BCUT2D eigenvalue weighted by atomic mass is 79.9. The second kappa shape index (κ2) is 8.23. The summed E-state index contributed by atoms with van der Waals surface area (Å²) in [6.07, 6.45) is 0. The van der Waals surface area contributed by atoms with Crippen LogP contribution in [0.5, 0.6) is 0 Å². The van der Waals surface area contributed by atoms with Crippen molar-refractivity contribution in [1.82, 2.24) is 5.32 Å². The maximum Gasteiger partial charge on any atom is 0.0545 e. The zero-order valence-corrected chi connectivity index (χ0v) is 15.4. The average Bonchev–Trinajstić information content (AvgIpc) is 2.43. The van der Waals surface area contributed by atoms with Gasteiger partial charge in [-0.05, 0) is 48.4 Å². The Morgan fingerprint density at radius 2 is 1.90 bits per heavy atom. The van der Waals surface area contributed by atoms with Crippen LogP contribution in [0.4, 0.5) is 0 Å². The van der Waals surface area contributed by atoms with E-state index in [-0.39, 0.29) is 0 Å². The van der Waals surface area contributed by atoms with E-state index < -0.39 is 0 Å². The van der Waals surface area contributed by atoms with E-state index in [1.807, 2.05) is 18.2 Å². The molecule has 0 fully saturated rings. The van der Waals surface area contributed by atoms with Gasteiger partial charge in [0.05, 0.1) is 5.02 Å². The van der Waals surface area contributed by atoms with Crippen LogP contribution >= 0.6 is 39.3 Å². The second-order valence-corrected chi connectivity index (χ2v) is 7.72. The molecule has 0 aromatic heterocycles. The zero-order valence-electron chi connectivity index (χ0n) is 12.2. The summed E-state index contributed by atoms with van der Waals surface area (Å²) in [5, 5.41) is 4.30. The molecular weight excluding hydrogens is 366 g/mol. The summed E-state index contributed by atoms with van der Waals surface area (Å²) in [6, 6.07) is 14.4. The van der Waals surface area contributed by atoms with E-state index in [9.17, 15) is 0 Å². The molecule has 0 saturated carbocycles. The van der Waals surface area contributed by atoms with Gasteiger partial charge >= 0.3 is 0 Å². The van der Waals surface area contributed by atoms with Gasteiger partial charge in [0.25, 0.3) is 0 Å². The Labute approximate surface area is 144 Å². The zero-order chi connectivity index (χ0) is 15.2. The second-order valence-electron chi connectivity index (χ2n) is 5.31. The van der Waals surface area contributed by atoms with Crippen LogP contribution in [0.25, 0.3) is 0 Å². The molecule has 0 radical (unpaired) electrons. The van der Waals surface area contributed by atoms with Crippen molar-refractivity contribution in [3.8, 4) is 0 Å². The van der Waals surface area contributed by atoms with Gasteiger partial charge in [0, 0.05) is 20.8 Å². The number of nitrogens with one attached hydrogen (secondary N) is 1. The Hall–Kier alpha value is -0.480. The molecule has 1 nitrogen and oxygen atoms in total. The van der Waals surface area contributed by atoms with Crippen LogP contribution < -0.4 is 5.32 Å². The Morgan fingerprint density at radius 3 is 2.62 bits per heavy atom. The molecular formula is C17H19BrClNS. The predicted molar refractivity (Wildman–Crippen MR) is 96.3 cm³/mol. The van der Waals surface area contributed by atoms with Crippen molar-refractivity contribution >= 4 is 39.3 Å². The van der Waals surface area contributed by atoms with Gasteiger partial charge in [0.1, 0.15) is 0 Å². The number of hydrogen-bond acceptors (Lipinski definition) is 2. The lowest BCUT2D eigenvalue weighted by Crippen LogP contribution is -2.19. The summed E-state index contributed by atoms with van der Waals surface area (Å²) in [4.78, 5) is 2.33. The van der Waals surface area contributed by atoms with Gasteiger partial charge in [0.2, 0.25) is 0 Å². The van der Waals surface area contributed by atoms with Crippen LogP contribution in [-0.4, -0.2) is 6.54 Å². The third kappa shape index (κ3) is 5.33. The lowest BCUT2D eigenvalue weighted by atomic mass is 10.2. The molecule has 0 aliphatic rings. The van der Waals surface area contributed by atoms with E-state index in [0.717, 1.165) is 27.5 Å². The van der Waals surface area contributed by atoms with E-state index in [2.05, 4.69) is 59.4 Å². The summed E-state index contributed by atoms with van der Waals surface area (Å²) in [5.41, 5.74) is 1.29. The fraction of sp³-hybridized carbons (Fsp3) is 0.294. The summed E-state index contributed by atoms with van der Waals surface area (Å²) in [6.45, 7) is 6.31. The molecule has 21 heavy (non-hydrogen) atoms. The molecule has 2 aromatic carbocycles.